The molecular weight excluding hydrogens is 378 g/mol. The monoisotopic (exact) mass is 397 g/mol. The van der Waals surface area contributed by atoms with Crippen LogP contribution in [0.25, 0.3) is 0 Å². The molecule has 2 aromatic rings. The van der Waals surface area contributed by atoms with Gasteiger partial charge in [-0.05, 0) is 43.3 Å². The van der Waals surface area contributed by atoms with E-state index in [0.29, 0.717) is 0 Å². The molecule has 0 aromatic heterocycles. The van der Waals surface area contributed by atoms with Crippen molar-refractivity contribution in [2.24, 2.45) is 0 Å². The highest BCUT2D eigenvalue weighted by Gasteiger charge is 2.14. The van der Waals surface area contributed by atoms with E-state index in [1.165, 1.54) is 43.3 Å². The lowest BCUT2D eigenvalue weighted by atomic mass is 10.1. The summed E-state index contributed by atoms with van der Waals surface area (Å²) in [4.78, 5) is 46.7. The molecule has 0 aliphatic rings. The number of carbonyl (C=O) groups is 4. The van der Waals surface area contributed by atoms with E-state index in [9.17, 15) is 19.2 Å². The number of hydrogen-bond acceptors (Lipinski definition) is 6. The second-order valence-corrected chi connectivity index (χ2v) is 5.93. The van der Waals surface area contributed by atoms with E-state index in [1.807, 2.05) is 0 Å². The minimum Gasteiger partial charge on any atom is -0.478 e. The van der Waals surface area contributed by atoms with Crippen molar-refractivity contribution in [3.63, 3.8) is 0 Å². The maximum absolute atomic E-state index is 12.3. The van der Waals surface area contributed by atoms with E-state index in [2.05, 4.69) is 11.9 Å². The van der Waals surface area contributed by atoms with Gasteiger partial charge in [0, 0.05) is 11.1 Å². The highest BCUT2D eigenvalue weighted by Crippen LogP contribution is 2.16. The van der Waals surface area contributed by atoms with Gasteiger partial charge in [-0.1, -0.05) is 18.7 Å². The van der Waals surface area contributed by atoms with Gasteiger partial charge in [-0.3, -0.25) is 4.79 Å². The van der Waals surface area contributed by atoms with E-state index in [-0.39, 0.29) is 41.2 Å². The molecule has 0 heterocycles. The standard InChI is InChI=1S/C21H19NO7/c1-13(2)20(26)28-11-12-29-21(27)15-9-7-14(8-10-15)18(23)22-17-6-4-3-5-16(17)19(24)25/h3-10H,1,11-12H2,2H3,(H,22,23)(H,24,25). The Kier molecular flexibility index (Phi) is 7.25. The molecule has 8 nitrogen and oxygen atoms in total. The predicted molar refractivity (Wildman–Crippen MR) is 104 cm³/mol. The molecule has 0 radical (unpaired) electrons. The van der Waals surface area contributed by atoms with E-state index in [1.54, 1.807) is 12.1 Å². The van der Waals surface area contributed by atoms with E-state index >= 15 is 0 Å². The topological polar surface area (TPSA) is 119 Å². The van der Waals surface area contributed by atoms with Crippen molar-refractivity contribution in [2.45, 2.75) is 6.92 Å². The minimum absolute atomic E-state index is 0.0339. The van der Waals surface area contributed by atoms with Crippen LogP contribution in [0, 0.1) is 0 Å². The summed E-state index contributed by atoms with van der Waals surface area (Å²) >= 11 is 0. The van der Waals surface area contributed by atoms with Crippen LogP contribution in [0.3, 0.4) is 0 Å². The summed E-state index contributed by atoms with van der Waals surface area (Å²) < 4.78 is 9.80. The molecule has 0 unspecified atom stereocenters. The number of carbonyl (C=O) groups excluding carboxylic acids is 3. The second-order valence-electron chi connectivity index (χ2n) is 5.93. The maximum Gasteiger partial charge on any atom is 0.338 e. The van der Waals surface area contributed by atoms with Gasteiger partial charge in [-0.2, -0.15) is 0 Å². The van der Waals surface area contributed by atoms with Gasteiger partial charge in [-0.15, -0.1) is 0 Å². The molecule has 29 heavy (non-hydrogen) atoms. The number of esters is 2. The number of hydrogen-bond donors (Lipinski definition) is 2. The molecule has 0 spiro atoms. The van der Waals surface area contributed by atoms with Gasteiger partial charge >= 0.3 is 17.9 Å². The van der Waals surface area contributed by atoms with Gasteiger partial charge in [-0.25, -0.2) is 14.4 Å². The average Bonchev–Trinajstić information content (AvgIpc) is 2.71. The molecule has 0 fully saturated rings. The molecule has 150 valence electrons. The third-order valence-electron chi connectivity index (χ3n) is 3.69. The molecule has 2 rings (SSSR count). The lowest BCUT2D eigenvalue weighted by Gasteiger charge is -2.09. The number of anilines is 1. The molecule has 0 aliphatic heterocycles. The number of ether oxygens (including phenoxy) is 2. The fourth-order valence-electron chi connectivity index (χ4n) is 2.21. The number of carboxylic acids is 1. The van der Waals surface area contributed by atoms with Crippen LogP contribution in [0.4, 0.5) is 5.69 Å². The van der Waals surface area contributed by atoms with E-state index < -0.39 is 23.8 Å². The van der Waals surface area contributed by atoms with Crippen LogP contribution in [0.2, 0.25) is 0 Å². The van der Waals surface area contributed by atoms with Gasteiger partial charge in [0.1, 0.15) is 13.2 Å². The van der Waals surface area contributed by atoms with Crippen molar-refractivity contribution in [3.05, 3.63) is 77.4 Å². The lowest BCUT2D eigenvalue weighted by molar-refractivity contribution is -0.140. The summed E-state index contributed by atoms with van der Waals surface area (Å²) in [6, 6.07) is 11.7. The van der Waals surface area contributed by atoms with Gasteiger partial charge < -0.3 is 19.9 Å². The molecule has 2 aromatic carbocycles. The average molecular weight is 397 g/mol. The first-order valence-corrected chi connectivity index (χ1v) is 8.53. The second kappa shape index (κ2) is 9.84. The molecule has 2 N–H and O–H groups in total. The Morgan fingerprint density at radius 3 is 2.14 bits per heavy atom. The quantitative estimate of drug-likeness (QED) is 0.399. The molecule has 1 amide bonds. The Morgan fingerprint density at radius 1 is 0.931 bits per heavy atom. The van der Waals surface area contributed by atoms with Crippen LogP contribution >= 0.6 is 0 Å². The number of rotatable bonds is 8. The lowest BCUT2D eigenvalue weighted by Crippen LogP contribution is -2.16. The highest BCUT2D eigenvalue weighted by molar-refractivity contribution is 6.08. The van der Waals surface area contributed by atoms with Crippen LogP contribution in [0.15, 0.2) is 60.7 Å². The Labute approximate surface area is 166 Å². The Hall–Kier alpha value is -3.94. The summed E-state index contributed by atoms with van der Waals surface area (Å²) in [5, 5.41) is 11.7. The summed E-state index contributed by atoms with van der Waals surface area (Å²) in [5.41, 5.74) is 0.818. The van der Waals surface area contributed by atoms with Crippen molar-refractivity contribution in [3.8, 4) is 0 Å². The van der Waals surface area contributed by atoms with Crippen LogP contribution in [0.5, 0.6) is 0 Å². The fraction of sp³-hybridized carbons (Fsp3) is 0.143. The molecule has 0 saturated heterocycles. The number of aromatic carboxylic acids is 1. The van der Waals surface area contributed by atoms with Crippen molar-refractivity contribution < 1.29 is 33.8 Å². The number of para-hydroxylation sites is 1. The predicted octanol–water partition coefficient (Wildman–Crippen LogP) is 2.91. The number of amides is 1. The Bertz CT molecular complexity index is 948. The third kappa shape index (κ3) is 6.03. The highest BCUT2D eigenvalue weighted by atomic mass is 16.6. The zero-order valence-corrected chi connectivity index (χ0v) is 15.6. The van der Waals surface area contributed by atoms with Crippen LogP contribution in [-0.2, 0) is 14.3 Å². The number of carboxylic acid groups (broad SMARTS) is 1. The van der Waals surface area contributed by atoms with Crippen LogP contribution in [0.1, 0.15) is 38.0 Å². The molecule has 0 saturated carbocycles. The largest absolute Gasteiger partial charge is 0.478 e. The summed E-state index contributed by atoms with van der Waals surface area (Å²) in [6.45, 7) is 4.73. The summed E-state index contributed by atoms with van der Waals surface area (Å²) in [5.74, 6) is -2.89. The van der Waals surface area contributed by atoms with E-state index in [0.717, 1.165) is 0 Å². The smallest absolute Gasteiger partial charge is 0.338 e. The van der Waals surface area contributed by atoms with Crippen LogP contribution in [-0.4, -0.2) is 42.1 Å². The van der Waals surface area contributed by atoms with E-state index in [4.69, 9.17) is 14.6 Å². The Morgan fingerprint density at radius 2 is 1.52 bits per heavy atom. The van der Waals surface area contributed by atoms with Crippen molar-refractivity contribution in [1.82, 2.24) is 0 Å². The fourth-order valence-corrected chi connectivity index (χ4v) is 2.21. The first-order chi connectivity index (χ1) is 13.8. The zero-order valence-electron chi connectivity index (χ0n) is 15.6. The van der Waals surface area contributed by atoms with Crippen molar-refractivity contribution in [2.75, 3.05) is 18.5 Å². The summed E-state index contributed by atoms with van der Waals surface area (Å²) in [7, 11) is 0. The minimum atomic E-state index is -1.16. The maximum atomic E-state index is 12.3. The first kappa shape index (κ1) is 21.4. The van der Waals surface area contributed by atoms with Gasteiger partial charge in [0.15, 0.2) is 0 Å². The zero-order chi connectivity index (χ0) is 21.4. The first-order valence-electron chi connectivity index (χ1n) is 8.53. The SMILES string of the molecule is C=C(C)C(=O)OCCOC(=O)c1ccc(C(=O)Nc2ccccc2C(=O)O)cc1. The molecule has 8 heteroatoms. The molecule has 0 atom stereocenters. The number of nitrogens with one attached hydrogen (secondary N) is 1. The Balaban J connectivity index is 1.93. The summed E-state index contributed by atoms with van der Waals surface area (Å²) in [6.07, 6.45) is 0. The number of benzene rings is 2. The molecular formula is C21H19NO7. The van der Waals surface area contributed by atoms with Gasteiger partial charge in [0.25, 0.3) is 5.91 Å². The molecule has 0 aliphatic carbocycles. The van der Waals surface area contributed by atoms with Crippen molar-refractivity contribution in [1.29, 1.82) is 0 Å². The van der Waals surface area contributed by atoms with Crippen molar-refractivity contribution >= 4 is 29.5 Å². The van der Waals surface area contributed by atoms with Crippen LogP contribution < -0.4 is 5.32 Å². The normalized spacial score (nSPS) is 9.97. The van der Waals surface area contributed by atoms with Gasteiger partial charge in [0.05, 0.1) is 16.8 Å². The molecule has 0 bridgehead atoms. The third-order valence-corrected chi connectivity index (χ3v) is 3.69. The van der Waals surface area contributed by atoms with Gasteiger partial charge in [0.2, 0.25) is 0 Å².